The van der Waals surface area contributed by atoms with Gasteiger partial charge in [0, 0.05) is 4.57 Å². The summed E-state index contributed by atoms with van der Waals surface area (Å²) in [5.74, 6) is 0. The number of unbranched alkanes of at least 4 members (excludes halogenated alkanes) is 18. The maximum absolute atomic E-state index is 11.7. The maximum Gasteiger partial charge on any atom is 1.00 e. The molecule has 0 aromatic heterocycles. The van der Waals surface area contributed by atoms with Crippen molar-refractivity contribution in [2.75, 3.05) is 13.2 Å². The Kier molecular flexibility index (Phi) is 32.2. The number of rotatable bonds is 24. The molecule has 0 aromatic rings. The average Bonchev–Trinajstić information content (AvgIpc) is 2.70. The van der Waals surface area contributed by atoms with Gasteiger partial charge in [0.05, 0.1) is 0 Å². The first-order valence-electron chi connectivity index (χ1n) is 12.5. The molecule has 0 bridgehead atoms. The molecule has 0 unspecified atom stereocenters. The fourth-order valence-electron chi connectivity index (χ4n) is 3.49. The first kappa shape index (κ1) is 32.2. The van der Waals surface area contributed by atoms with Crippen LogP contribution < -0.4 is 29.6 Å². The largest absolute Gasteiger partial charge is 1.00 e. The van der Waals surface area contributed by atoms with Gasteiger partial charge in [0.15, 0.2) is 0 Å². The van der Waals surface area contributed by atoms with E-state index in [0.29, 0.717) is 13.2 Å². The average molecular weight is 442 g/mol. The Balaban J connectivity index is -0.00000364. The fraction of sp³-hybridized carbons (Fsp3) is 1.00. The second kappa shape index (κ2) is 29.0. The molecule has 0 radical (unpaired) electrons. The summed E-state index contributed by atoms with van der Waals surface area (Å²) in [5, 5.41) is 0. The maximum atomic E-state index is 11.7. The summed E-state index contributed by atoms with van der Waals surface area (Å²) in [4.78, 5) is 0. The van der Waals surface area contributed by atoms with Gasteiger partial charge in [-0.2, -0.15) is 0 Å². The summed E-state index contributed by atoms with van der Waals surface area (Å²) in [7, 11) is -1.90. The summed E-state index contributed by atoms with van der Waals surface area (Å²) in [6, 6.07) is 0. The molecule has 170 valence electrons. The van der Waals surface area contributed by atoms with Crippen LogP contribution in [0.25, 0.3) is 0 Å². The van der Waals surface area contributed by atoms with Crippen LogP contribution in [-0.4, -0.2) is 13.2 Å². The van der Waals surface area contributed by atoms with Gasteiger partial charge in [0.1, 0.15) is 13.2 Å². The SMILES string of the molecule is CCCCCCCCCCCCO[P+](=O)OCCCCCCCCCCCC.[H-].[Na+]. The van der Waals surface area contributed by atoms with E-state index in [-0.39, 0.29) is 31.0 Å². The van der Waals surface area contributed by atoms with Gasteiger partial charge in [-0.05, 0) is 12.8 Å². The molecule has 0 aliphatic heterocycles. The Hall–Kier alpha value is 1.02. The summed E-state index contributed by atoms with van der Waals surface area (Å²) in [6.45, 7) is 5.67. The smallest absolute Gasteiger partial charge is 1.00 e. The molecule has 0 atom stereocenters. The van der Waals surface area contributed by atoms with Gasteiger partial charge in [-0.15, -0.1) is 9.05 Å². The first-order chi connectivity index (χ1) is 13.8. The quantitative estimate of drug-likeness (QED) is 0.0957. The molecule has 0 N–H and O–H groups in total. The topological polar surface area (TPSA) is 35.5 Å². The molecule has 3 nitrogen and oxygen atoms in total. The Labute approximate surface area is 207 Å². The Bertz CT molecular complexity index is 295. The minimum absolute atomic E-state index is 0. The van der Waals surface area contributed by atoms with Crippen molar-refractivity contribution in [1.29, 1.82) is 0 Å². The van der Waals surface area contributed by atoms with Crippen LogP contribution in [0.15, 0.2) is 0 Å². The van der Waals surface area contributed by atoms with E-state index in [1.165, 1.54) is 116 Å². The van der Waals surface area contributed by atoms with Gasteiger partial charge in [0.25, 0.3) is 0 Å². The summed E-state index contributed by atoms with van der Waals surface area (Å²) in [5.41, 5.74) is 0. The van der Waals surface area contributed by atoms with Gasteiger partial charge in [-0.1, -0.05) is 129 Å². The number of hydrogen-bond donors (Lipinski definition) is 0. The Morgan fingerprint density at radius 3 is 1.00 bits per heavy atom. The molecular formula is C24H51NaO3P+. The van der Waals surface area contributed by atoms with E-state index in [9.17, 15) is 4.57 Å². The van der Waals surface area contributed by atoms with Crippen molar-refractivity contribution >= 4 is 8.25 Å². The van der Waals surface area contributed by atoms with Gasteiger partial charge in [0.2, 0.25) is 0 Å². The van der Waals surface area contributed by atoms with Crippen molar-refractivity contribution in [3.8, 4) is 0 Å². The fourth-order valence-corrected chi connectivity index (χ4v) is 4.13. The molecule has 0 amide bonds. The van der Waals surface area contributed by atoms with Crippen molar-refractivity contribution in [2.45, 2.75) is 142 Å². The zero-order valence-corrected chi connectivity index (χ0v) is 23.1. The minimum Gasteiger partial charge on any atom is -1.00 e. The van der Waals surface area contributed by atoms with Crippen LogP contribution in [0.3, 0.4) is 0 Å². The Morgan fingerprint density at radius 2 is 0.724 bits per heavy atom. The second-order valence-electron chi connectivity index (χ2n) is 8.25. The molecule has 0 fully saturated rings. The molecule has 0 spiro atoms. The van der Waals surface area contributed by atoms with Crippen LogP contribution >= 0.6 is 8.25 Å². The predicted octanol–water partition coefficient (Wildman–Crippen LogP) is 6.64. The molecule has 0 saturated heterocycles. The van der Waals surface area contributed by atoms with Crippen LogP contribution in [-0.2, 0) is 13.6 Å². The third-order valence-corrected chi connectivity index (χ3v) is 6.18. The van der Waals surface area contributed by atoms with Crippen LogP contribution in [0, 0.1) is 0 Å². The van der Waals surface area contributed by atoms with E-state index < -0.39 is 8.25 Å². The van der Waals surface area contributed by atoms with Crippen molar-refractivity contribution in [3.05, 3.63) is 0 Å². The predicted molar refractivity (Wildman–Crippen MR) is 124 cm³/mol. The normalized spacial score (nSPS) is 10.8. The van der Waals surface area contributed by atoms with Gasteiger partial charge in [-0.25, -0.2) is 0 Å². The summed E-state index contributed by atoms with van der Waals surface area (Å²) < 4.78 is 22.3. The number of hydrogen-bond acceptors (Lipinski definition) is 3. The molecule has 0 aromatic carbocycles. The van der Waals surface area contributed by atoms with Gasteiger partial charge in [-0.3, -0.25) is 0 Å². The van der Waals surface area contributed by atoms with Crippen LogP contribution in [0.4, 0.5) is 0 Å². The first-order valence-corrected chi connectivity index (χ1v) is 13.6. The van der Waals surface area contributed by atoms with E-state index in [4.69, 9.17) is 9.05 Å². The zero-order chi connectivity index (χ0) is 20.5. The third-order valence-electron chi connectivity index (χ3n) is 5.39. The van der Waals surface area contributed by atoms with Crippen molar-refractivity contribution < 1.29 is 44.6 Å². The summed E-state index contributed by atoms with van der Waals surface area (Å²) in [6.07, 6.45) is 26.1. The molecule has 29 heavy (non-hydrogen) atoms. The van der Waals surface area contributed by atoms with Gasteiger partial charge >= 0.3 is 37.8 Å². The van der Waals surface area contributed by atoms with Crippen molar-refractivity contribution in [1.82, 2.24) is 0 Å². The second-order valence-corrected chi connectivity index (χ2v) is 9.22. The van der Waals surface area contributed by atoms with E-state index in [2.05, 4.69) is 13.8 Å². The standard InChI is InChI=1S/C24H50O3P.Na.H/c1-3-5-7-9-11-13-15-17-19-21-23-26-28(25)27-24-22-20-18-16-14-12-10-8-6-4-2;;/h3-24H2,1-2H3;;/q2*+1;-1. The van der Waals surface area contributed by atoms with E-state index in [0.717, 1.165) is 12.8 Å². The van der Waals surface area contributed by atoms with Crippen LogP contribution in [0.1, 0.15) is 144 Å². The van der Waals surface area contributed by atoms with E-state index >= 15 is 0 Å². The van der Waals surface area contributed by atoms with E-state index in [1.807, 2.05) is 0 Å². The van der Waals surface area contributed by atoms with Crippen LogP contribution in [0.2, 0.25) is 0 Å². The van der Waals surface area contributed by atoms with Crippen molar-refractivity contribution in [2.24, 2.45) is 0 Å². The molecule has 0 heterocycles. The monoisotopic (exact) mass is 441 g/mol. The molecule has 5 heteroatoms. The molecule has 0 rings (SSSR count). The van der Waals surface area contributed by atoms with E-state index in [1.54, 1.807) is 0 Å². The third kappa shape index (κ3) is 29.0. The molecular weight excluding hydrogens is 390 g/mol. The van der Waals surface area contributed by atoms with Gasteiger partial charge < -0.3 is 1.43 Å². The molecule has 0 saturated carbocycles. The molecule has 0 aliphatic rings. The van der Waals surface area contributed by atoms with Crippen LogP contribution in [0.5, 0.6) is 0 Å². The summed E-state index contributed by atoms with van der Waals surface area (Å²) >= 11 is 0. The molecule has 0 aliphatic carbocycles. The zero-order valence-electron chi connectivity index (χ0n) is 21.2. The van der Waals surface area contributed by atoms with Crippen molar-refractivity contribution in [3.63, 3.8) is 0 Å². The minimum atomic E-state index is -1.90. The Morgan fingerprint density at radius 1 is 0.483 bits per heavy atom.